The van der Waals surface area contributed by atoms with Crippen molar-refractivity contribution in [2.75, 3.05) is 13.1 Å². The summed E-state index contributed by atoms with van der Waals surface area (Å²) in [6.45, 7) is 4.62. The molecule has 2 fully saturated rings. The minimum absolute atomic E-state index is 0.212. The van der Waals surface area contributed by atoms with Gasteiger partial charge in [0.25, 0.3) is 0 Å². The van der Waals surface area contributed by atoms with Gasteiger partial charge in [0.1, 0.15) is 0 Å². The molecule has 0 aromatic carbocycles. The van der Waals surface area contributed by atoms with E-state index in [1.807, 2.05) is 0 Å². The van der Waals surface area contributed by atoms with Crippen molar-refractivity contribution < 1.29 is 4.74 Å². The molecular formula is C16H31NO. The van der Waals surface area contributed by atoms with Crippen molar-refractivity contribution in [1.29, 1.82) is 0 Å². The smallest absolute Gasteiger partial charge is 0.0932 e. The summed E-state index contributed by atoms with van der Waals surface area (Å²) in [5, 5.41) is 3.57. The Morgan fingerprint density at radius 1 is 0.833 bits per heavy atom. The van der Waals surface area contributed by atoms with Gasteiger partial charge in [-0.25, -0.2) is 0 Å². The van der Waals surface area contributed by atoms with Crippen LogP contribution in [0.15, 0.2) is 0 Å². The maximum atomic E-state index is 5.89. The molecule has 18 heavy (non-hydrogen) atoms. The topological polar surface area (TPSA) is 24.6 Å². The van der Waals surface area contributed by atoms with E-state index in [1.165, 1.54) is 77.2 Å². The zero-order valence-electron chi connectivity index (χ0n) is 12.2. The van der Waals surface area contributed by atoms with Crippen LogP contribution in [-0.4, -0.2) is 24.8 Å². The maximum absolute atomic E-state index is 5.89. The highest BCUT2D eigenvalue weighted by molar-refractivity contribution is 4.98. The Balaban J connectivity index is 1.65. The van der Waals surface area contributed by atoms with Gasteiger partial charge in [0.15, 0.2) is 0 Å². The summed E-state index contributed by atoms with van der Waals surface area (Å²) in [5.74, 6) is 0. The third-order valence-corrected chi connectivity index (χ3v) is 4.65. The van der Waals surface area contributed by atoms with Crippen molar-refractivity contribution >= 4 is 0 Å². The van der Waals surface area contributed by atoms with E-state index in [0.29, 0.717) is 6.10 Å². The molecular weight excluding hydrogens is 222 g/mol. The zero-order chi connectivity index (χ0) is 12.7. The lowest BCUT2D eigenvalue weighted by molar-refractivity contribution is 0.290. The van der Waals surface area contributed by atoms with Crippen LogP contribution in [0.25, 0.3) is 0 Å². The van der Waals surface area contributed by atoms with Gasteiger partial charge in [0.2, 0.25) is 0 Å². The average Bonchev–Trinajstić information content (AvgIpc) is 2.99. The van der Waals surface area contributed by atoms with Crippen LogP contribution in [-0.2, 0) is 4.74 Å². The quantitative estimate of drug-likeness (QED) is 0.659. The lowest BCUT2D eigenvalue weighted by atomic mass is 9.98. The molecule has 2 nitrogen and oxygen atoms in total. The minimum atomic E-state index is 0.212. The Morgan fingerprint density at radius 2 is 1.44 bits per heavy atom. The molecule has 2 saturated heterocycles. The van der Waals surface area contributed by atoms with Crippen LogP contribution in [0.3, 0.4) is 0 Å². The number of epoxide rings is 1. The van der Waals surface area contributed by atoms with Crippen LogP contribution >= 0.6 is 0 Å². The van der Waals surface area contributed by atoms with Gasteiger partial charge in [-0.05, 0) is 39.3 Å². The third kappa shape index (κ3) is 4.89. The third-order valence-electron chi connectivity index (χ3n) is 4.65. The largest absolute Gasteiger partial charge is 0.366 e. The van der Waals surface area contributed by atoms with Gasteiger partial charge in [-0.3, -0.25) is 0 Å². The Bertz CT molecular complexity index is 231. The van der Waals surface area contributed by atoms with Gasteiger partial charge in [-0.15, -0.1) is 0 Å². The predicted octanol–water partition coefficient (Wildman–Crippen LogP) is 4.04. The van der Waals surface area contributed by atoms with Crippen molar-refractivity contribution in [3.8, 4) is 0 Å². The fourth-order valence-electron chi connectivity index (χ4n) is 3.15. The summed E-state index contributed by atoms with van der Waals surface area (Å²) in [6.07, 6.45) is 15.8. The van der Waals surface area contributed by atoms with Gasteiger partial charge < -0.3 is 10.1 Å². The first kappa shape index (κ1) is 14.3. The average molecular weight is 253 g/mol. The van der Waals surface area contributed by atoms with Crippen molar-refractivity contribution in [2.45, 2.75) is 89.3 Å². The molecule has 2 rings (SSSR count). The molecule has 0 aromatic heterocycles. The fraction of sp³-hybridized carbons (Fsp3) is 1.00. The van der Waals surface area contributed by atoms with Gasteiger partial charge in [0.05, 0.1) is 11.7 Å². The van der Waals surface area contributed by atoms with E-state index in [4.69, 9.17) is 4.74 Å². The second kappa shape index (κ2) is 7.49. The molecule has 2 heteroatoms. The molecule has 0 aliphatic carbocycles. The van der Waals surface area contributed by atoms with Gasteiger partial charge >= 0.3 is 0 Å². The summed E-state index contributed by atoms with van der Waals surface area (Å²) in [7, 11) is 0. The molecule has 0 radical (unpaired) electrons. The molecule has 0 saturated carbocycles. The first-order chi connectivity index (χ1) is 8.81. The SMILES string of the molecule is CC12CCNCCCCCCCCCCCC1O2. The van der Waals surface area contributed by atoms with Crippen LogP contribution in [0, 0.1) is 0 Å². The first-order valence-corrected chi connectivity index (χ1v) is 8.20. The standard InChI is InChI=1S/C16H31NO/c1-16-12-14-17-13-10-8-6-4-2-3-5-7-9-11-15(16)18-16/h15,17H,2-14H2,1H3. The van der Waals surface area contributed by atoms with Crippen LogP contribution in [0.4, 0.5) is 0 Å². The summed E-state index contributed by atoms with van der Waals surface area (Å²) in [6, 6.07) is 0. The normalized spacial score (nSPS) is 36.8. The molecule has 2 heterocycles. The van der Waals surface area contributed by atoms with E-state index in [2.05, 4.69) is 12.2 Å². The van der Waals surface area contributed by atoms with Crippen molar-refractivity contribution in [3.05, 3.63) is 0 Å². The molecule has 2 aliphatic rings. The summed E-state index contributed by atoms with van der Waals surface area (Å²) < 4.78 is 5.89. The van der Waals surface area contributed by atoms with Crippen LogP contribution < -0.4 is 5.32 Å². The van der Waals surface area contributed by atoms with E-state index < -0.39 is 0 Å². The summed E-state index contributed by atoms with van der Waals surface area (Å²) >= 11 is 0. The highest BCUT2D eigenvalue weighted by atomic mass is 16.6. The maximum Gasteiger partial charge on any atom is 0.0932 e. The second-order valence-corrected chi connectivity index (χ2v) is 6.39. The van der Waals surface area contributed by atoms with Crippen molar-refractivity contribution in [2.24, 2.45) is 0 Å². The highest BCUT2D eigenvalue weighted by Gasteiger charge is 2.50. The van der Waals surface area contributed by atoms with E-state index in [0.717, 1.165) is 6.54 Å². The zero-order valence-corrected chi connectivity index (χ0v) is 12.2. The van der Waals surface area contributed by atoms with E-state index in [-0.39, 0.29) is 5.60 Å². The highest BCUT2D eigenvalue weighted by Crippen LogP contribution is 2.42. The Labute approximate surface area is 113 Å². The van der Waals surface area contributed by atoms with Gasteiger partial charge in [0, 0.05) is 0 Å². The fourth-order valence-corrected chi connectivity index (χ4v) is 3.15. The van der Waals surface area contributed by atoms with E-state index in [9.17, 15) is 0 Å². The Hall–Kier alpha value is -0.0800. The van der Waals surface area contributed by atoms with Gasteiger partial charge in [-0.1, -0.05) is 51.4 Å². The molecule has 0 spiro atoms. The number of ether oxygens (including phenoxy) is 1. The number of hydrogen-bond acceptors (Lipinski definition) is 2. The molecule has 2 unspecified atom stereocenters. The number of nitrogens with one attached hydrogen (secondary N) is 1. The minimum Gasteiger partial charge on any atom is -0.366 e. The number of rotatable bonds is 0. The van der Waals surface area contributed by atoms with Crippen LogP contribution in [0.5, 0.6) is 0 Å². The Morgan fingerprint density at radius 3 is 2.17 bits per heavy atom. The van der Waals surface area contributed by atoms with Crippen LogP contribution in [0.2, 0.25) is 0 Å². The molecule has 0 amide bonds. The van der Waals surface area contributed by atoms with Crippen molar-refractivity contribution in [1.82, 2.24) is 5.32 Å². The lowest BCUT2D eigenvalue weighted by Crippen LogP contribution is -2.23. The monoisotopic (exact) mass is 253 g/mol. The molecule has 2 atom stereocenters. The molecule has 0 bridgehead atoms. The van der Waals surface area contributed by atoms with E-state index in [1.54, 1.807) is 0 Å². The van der Waals surface area contributed by atoms with E-state index >= 15 is 0 Å². The molecule has 1 N–H and O–H groups in total. The van der Waals surface area contributed by atoms with Crippen molar-refractivity contribution in [3.63, 3.8) is 0 Å². The van der Waals surface area contributed by atoms with Crippen LogP contribution in [0.1, 0.15) is 77.6 Å². The Kier molecular flexibility index (Phi) is 5.97. The van der Waals surface area contributed by atoms with Gasteiger partial charge in [-0.2, -0.15) is 0 Å². The predicted molar refractivity (Wildman–Crippen MR) is 76.9 cm³/mol. The number of hydrogen-bond donors (Lipinski definition) is 1. The summed E-state index contributed by atoms with van der Waals surface area (Å²) in [5.41, 5.74) is 0.212. The molecule has 2 aliphatic heterocycles. The first-order valence-electron chi connectivity index (χ1n) is 8.20. The second-order valence-electron chi connectivity index (χ2n) is 6.39. The number of fused-ring (bicyclic) bond motifs is 1. The molecule has 0 aromatic rings. The lowest BCUT2D eigenvalue weighted by Gasteiger charge is -2.09. The summed E-state index contributed by atoms with van der Waals surface area (Å²) in [4.78, 5) is 0. The molecule has 106 valence electrons.